The quantitative estimate of drug-likeness (QED) is 0.406. The number of amides is 1. The van der Waals surface area contributed by atoms with Gasteiger partial charge in [0.25, 0.3) is 5.91 Å². The zero-order chi connectivity index (χ0) is 22.8. The highest BCUT2D eigenvalue weighted by atomic mass is 35.5. The zero-order valence-corrected chi connectivity index (χ0v) is 16.8. The summed E-state index contributed by atoms with van der Waals surface area (Å²) in [5.41, 5.74) is -2.54. The summed E-state index contributed by atoms with van der Waals surface area (Å²) in [7, 11) is 0. The van der Waals surface area contributed by atoms with Crippen molar-refractivity contribution in [3.05, 3.63) is 82.5 Å². The fourth-order valence-electron chi connectivity index (χ4n) is 2.54. The van der Waals surface area contributed by atoms with E-state index in [1.54, 1.807) is 6.07 Å². The molecule has 3 aromatic rings. The number of pyridine rings is 1. The van der Waals surface area contributed by atoms with E-state index in [9.17, 15) is 31.1 Å². The Balaban J connectivity index is 1.88. The average molecular weight is 477 g/mol. The van der Waals surface area contributed by atoms with Crippen molar-refractivity contribution >= 4 is 35.0 Å². The van der Waals surface area contributed by atoms with Gasteiger partial charge in [0.1, 0.15) is 5.03 Å². The molecule has 0 unspecified atom stereocenters. The van der Waals surface area contributed by atoms with Gasteiger partial charge in [-0.1, -0.05) is 47.6 Å². The van der Waals surface area contributed by atoms with Gasteiger partial charge in [0.15, 0.2) is 0 Å². The van der Waals surface area contributed by atoms with Crippen LogP contribution in [0.2, 0.25) is 5.02 Å². The number of hydrogen-bond donors (Lipinski definition) is 1. The molecule has 3 nitrogen and oxygen atoms in total. The van der Waals surface area contributed by atoms with Crippen molar-refractivity contribution in [1.82, 2.24) is 4.98 Å². The molecule has 0 bridgehead atoms. The maximum Gasteiger partial charge on any atom is 0.417 e. The van der Waals surface area contributed by atoms with Crippen LogP contribution in [0.3, 0.4) is 0 Å². The maximum absolute atomic E-state index is 13.2. The SMILES string of the molecule is O=C(Nc1ccccc1Sc1ncc(C(F)(F)F)cc1Cl)c1ccccc1C(F)(F)F. The average Bonchev–Trinajstić information content (AvgIpc) is 2.69. The van der Waals surface area contributed by atoms with E-state index in [0.29, 0.717) is 11.1 Å². The van der Waals surface area contributed by atoms with Gasteiger partial charge in [-0.2, -0.15) is 26.3 Å². The number of carbonyl (C=O) groups excluding carboxylic acids is 1. The Labute approximate surface area is 181 Å². The van der Waals surface area contributed by atoms with E-state index < -0.39 is 35.0 Å². The minimum absolute atomic E-state index is 0.0343. The van der Waals surface area contributed by atoms with Crippen LogP contribution < -0.4 is 5.32 Å². The molecule has 1 amide bonds. The smallest absolute Gasteiger partial charge is 0.321 e. The summed E-state index contributed by atoms with van der Waals surface area (Å²) >= 11 is 6.77. The van der Waals surface area contributed by atoms with Gasteiger partial charge in [0.05, 0.1) is 27.4 Å². The standard InChI is InChI=1S/C20H11ClF6N2OS/c21-14-9-11(19(22,23)24)10-28-18(14)31-16-8-4-3-7-15(16)29-17(30)12-5-1-2-6-13(12)20(25,26)27/h1-10H,(H,29,30). The molecule has 11 heteroatoms. The summed E-state index contributed by atoms with van der Waals surface area (Å²) in [6, 6.07) is 11.1. The lowest BCUT2D eigenvalue weighted by Crippen LogP contribution is -2.18. The second-order valence-corrected chi connectivity index (χ2v) is 7.54. The molecule has 2 aromatic carbocycles. The Kier molecular flexibility index (Phi) is 6.51. The summed E-state index contributed by atoms with van der Waals surface area (Å²) in [4.78, 5) is 16.6. The number of alkyl halides is 6. The van der Waals surface area contributed by atoms with Gasteiger partial charge in [0, 0.05) is 11.1 Å². The molecule has 0 spiro atoms. The number of rotatable bonds is 4. The molecule has 1 aromatic heterocycles. The third-order valence-electron chi connectivity index (χ3n) is 3.95. The first-order chi connectivity index (χ1) is 14.5. The normalized spacial score (nSPS) is 12.0. The van der Waals surface area contributed by atoms with Crippen molar-refractivity contribution in [3.8, 4) is 0 Å². The van der Waals surface area contributed by atoms with Gasteiger partial charge in [-0.25, -0.2) is 4.98 Å². The molecule has 3 rings (SSSR count). The van der Waals surface area contributed by atoms with Crippen LogP contribution in [0.1, 0.15) is 21.5 Å². The molecule has 0 aliphatic carbocycles. The third kappa shape index (κ3) is 5.50. The summed E-state index contributed by atoms with van der Waals surface area (Å²) in [6.07, 6.45) is -8.72. The lowest BCUT2D eigenvalue weighted by molar-refractivity contribution is -0.138. The van der Waals surface area contributed by atoms with E-state index in [-0.39, 0.29) is 15.7 Å². The monoisotopic (exact) mass is 476 g/mol. The van der Waals surface area contributed by atoms with E-state index >= 15 is 0 Å². The first-order valence-electron chi connectivity index (χ1n) is 8.44. The molecular formula is C20H11ClF6N2OS. The Morgan fingerprint density at radius 2 is 1.58 bits per heavy atom. The van der Waals surface area contributed by atoms with Crippen LogP contribution in [-0.2, 0) is 12.4 Å². The lowest BCUT2D eigenvalue weighted by atomic mass is 10.1. The molecule has 0 aliphatic heterocycles. The van der Waals surface area contributed by atoms with E-state index in [1.165, 1.54) is 30.3 Å². The molecule has 1 heterocycles. The first kappa shape index (κ1) is 23.0. The largest absolute Gasteiger partial charge is 0.417 e. The molecule has 162 valence electrons. The minimum Gasteiger partial charge on any atom is -0.321 e. The van der Waals surface area contributed by atoms with Crippen molar-refractivity contribution in [3.63, 3.8) is 0 Å². The molecule has 1 N–H and O–H groups in total. The Bertz CT molecular complexity index is 1120. The Morgan fingerprint density at radius 1 is 0.935 bits per heavy atom. The van der Waals surface area contributed by atoms with E-state index in [4.69, 9.17) is 11.6 Å². The summed E-state index contributed by atoms with van der Waals surface area (Å²) in [5.74, 6) is -0.993. The molecule has 0 saturated heterocycles. The number of para-hydroxylation sites is 1. The van der Waals surface area contributed by atoms with E-state index in [0.717, 1.165) is 30.0 Å². The molecule has 0 fully saturated rings. The lowest BCUT2D eigenvalue weighted by Gasteiger charge is -2.15. The fourth-order valence-corrected chi connectivity index (χ4v) is 3.66. The second-order valence-electron chi connectivity index (χ2n) is 6.10. The third-order valence-corrected chi connectivity index (χ3v) is 5.45. The van der Waals surface area contributed by atoms with Gasteiger partial charge in [0.2, 0.25) is 0 Å². The van der Waals surface area contributed by atoms with Crippen LogP contribution in [0.25, 0.3) is 0 Å². The van der Waals surface area contributed by atoms with Crippen molar-refractivity contribution in [2.45, 2.75) is 22.3 Å². The van der Waals surface area contributed by atoms with Gasteiger partial charge >= 0.3 is 12.4 Å². The van der Waals surface area contributed by atoms with Crippen molar-refractivity contribution in [2.24, 2.45) is 0 Å². The molecular weight excluding hydrogens is 466 g/mol. The number of anilines is 1. The highest BCUT2D eigenvalue weighted by Gasteiger charge is 2.35. The van der Waals surface area contributed by atoms with Gasteiger partial charge < -0.3 is 5.32 Å². The number of benzene rings is 2. The number of hydrogen-bond acceptors (Lipinski definition) is 3. The summed E-state index contributed by atoms with van der Waals surface area (Å²) in [6.45, 7) is 0. The van der Waals surface area contributed by atoms with Gasteiger partial charge in [-0.05, 0) is 30.3 Å². The molecule has 0 saturated carbocycles. The molecule has 0 radical (unpaired) electrons. The fraction of sp³-hybridized carbons (Fsp3) is 0.100. The molecule has 31 heavy (non-hydrogen) atoms. The number of nitrogens with one attached hydrogen (secondary N) is 1. The Hall–Kier alpha value is -2.72. The Morgan fingerprint density at radius 3 is 2.23 bits per heavy atom. The van der Waals surface area contributed by atoms with Crippen molar-refractivity contribution in [1.29, 1.82) is 0 Å². The van der Waals surface area contributed by atoms with E-state index in [1.807, 2.05) is 0 Å². The molecule has 0 aliphatic rings. The second kappa shape index (κ2) is 8.80. The highest BCUT2D eigenvalue weighted by molar-refractivity contribution is 7.99. The first-order valence-corrected chi connectivity index (χ1v) is 9.63. The number of halogens is 7. The van der Waals surface area contributed by atoms with Crippen LogP contribution in [0, 0.1) is 0 Å². The van der Waals surface area contributed by atoms with E-state index in [2.05, 4.69) is 10.3 Å². The van der Waals surface area contributed by atoms with Gasteiger partial charge in [-0.15, -0.1) is 0 Å². The van der Waals surface area contributed by atoms with Gasteiger partial charge in [-0.3, -0.25) is 4.79 Å². The van der Waals surface area contributed by atoms with Crippen molar-refractivity contribution in [2.75, 3.05) is 5.32 Å². The topological polar surface area (TPSA) is 42.0 Å². The minimum atomic E-state index is -4.72. The number of aromatic nitrogens is 1. The highest BCUT2D eigenvalue weighted by Crippen LogP contribution is 2.39. The van der Waals surface area contributed by atoms with Crippen LogP contribution in [0.15, 0.2) is 70.7 Å². The van der Waals surface area contributed by atoms with Crippen molar-refractivity contribution < 1.29 is 31.1 Å². The number of nitrogens with zero attached hydrogens (tertiary/aromatic N) is 1. The van der Waals surface area contributed by atoms with Crippen LogP contribution >= 0.6 is 23.4 Å². The summed E-state index contributed by atoms with van der Waals surface area (Å²) < 4.78 is 77.9. The zero-order valence-electron chi connectivity index (χ0n) is 15.2. The van der Waals surface area contributed by atoms with Crippen LogP contribution in [0.4, 0.5) is 32.0 Å². The summed E-state index contributed by atoms with van der Waals surface area (Å²) in [5, 5.41) is 2.18. The number of carbonyl (C=O) groups is 1. The van der Waals surface area contributed by atoms with Crippen LogP contribution in [-0.4, -0.2) is 10.9 Å². The maximum atomic E-state index is 13.2. The molecule has 0 atom stereocenters. The predicted molar refractivity (Wildman–Crippen MR) is 104 cm³/mol. The van der Waals surface area contributed by atoms with Crippen LogP contribution in [0.5, 0.6) is 0 Å². The predicted octanol–water partition coefficient (Wildman–Crippen LogP) is 7.18.